The van der Waals surface area contributed by atoms with Crippen LogP contribution in [0.2, 0.25) is 5.02 Å². The summed E-state index contributed by atoms with van der Waals surface area (Å²) in [5.74, 6) is -0.640. The number of carbonyl (C=O) groups excluding carboxylic acids is 1. The van der Waals surface area contributed by atoms with Gasteiger partial charge in [-0.25, -0.2) is 4.39 Å². The fourth-order valence-corrected chi connectivity index (χ4v) is 3.17. The standard InChI is InChI=1S/C16H12BrClFNO/c17-11-6-7-13(18)12(9-11)16(21)20-8-2-4-10-3-1-5-14(19)15(10)20/h1,3,5-7,9H,2,4,8H2. The highest BCUT2D eigenvalue weighted by Gasteiger charge is 2.27. The van der Waals surface area contributed by atoms with Gasteiger partial charge < -0.3 is 4.90 Å². The predicted octanol–water partition coefficient (Wildman–Crippen LogP) is 4.83. The molecular weight excluding hydrogens is 357 g/mol. The van der Waals surface area contributed by atoms with Gasteiger partial charge in [-0.2, -0.15) is 0 Å². The molecule has 0 N–H and O–H groups in total. The van der Waals surface area contributed by atoms with E-state index in [1.54, 1.807) is 24.3 Å². The number of carbonyl (C=O) groups is 1. The minimum absolute atomic E-state index is 0.271. The second-order valence-corrected chi connectivity index (χ2v) is 6.25. The first-order chi connectivity index (χ1) is 10.1. The second-order valence-electron chi connectivity index (χ2n) is 4.93. The van der Waals surface area contributed by atoms with Gasteiger partial charge >= 0.3 is 0 Å². The Morgan fingerprint density at radius 1 is 1.29 bits per heavy atom. The highest BCUT2D eigenvalue weighted by molar-refractivity contribution is 9.10. The second kappa shape index (κ2) is 5.78. The highest BCUT2D eigenvalue weighted by Crippen LogP contribution is 2.32. The molecule has 2 nitrogen and oxygen atoms in total. The number of hydrogen-bond acceptors (Lipinski definition) is 1. The van der Waals surface area contributed by atoms with E-state index in [0.717, 1.165) is 22.9 Å². The molecule has 0 aromatic heterocycles. The van der Waals surface area contributed by atoms with Gasteiger partial charge in [-0.15, -0.1) is 0 Å². The van der Waals surface area contributed by atoms with E-state index in [0.29, 0.717) is 22.8 Å². The Morgan fingerprint density at radius 3 is 2.90 bits per heavy atom. The van der Waals surface area contributed by atoms with Crippen LogP contribution in [0.15, 0.2) is 40.9 Å². The van der Waals surface area contributed by atoms with Gasteiger partial charge in [0.2, 0.25) is 0 Å². The number of halogens is 3. The summed E-state index contributed by atoms with van der Waals surface area (Å²) in [6.07, 6.45) is 1.59. The Labute approximate surface area is 135 Å². The molecule has 3 rings (SSSR count). The third-order valence-corrected chi connectivity index (χ3v) is 4.39. The number of amides is 1. The Hall–Kier alpha value is -1.39. The fourth-order valence-electron chi connectivity index (χ4n) is 2.61. The molecule has 1 amide bonds. The van der Waals surface area contributed by atoms with E-state index < -0.39 is 0 Å². The molecule has 108 valence electrons. The van der Waals surface area contributed by atoms with E-state index in [1.807, 2.05) is 6.07 Å². The molecule has 1 aliphatic heterocycles. The van der Waals surface area contributed by atoms with Crippen LogP contribution in [0.5, 0.6) is 0 Å². The van der Waals surface area contributed by atoms with Crippen LogP contribution in [0.25, 0.3) is 0 Å². The predicted molar refractivity (Wildman–Crippen MR) is 85.5 cm³/mol. The maximum atomic E-state index is 14.1. The smallest absolute Gasteiger partial charge is 0.259 e. The van der Waals surface area contributed by atoms with Crippen molar-refractivity contribution in [2.24, 2.45) is 0 Å². The molecule has 0 saturated heterocycles. The molecule has 0 saturated carbocycles. The summed E-state index contributed by atoms with van der Waals surface area (Å²) in [7, 11) is 0. The molecule has 5 heteroatoms. The largest absolute Gasteiger partial charge is 0.305 e. The molecule has 2 aromatic rings. The molecule has 1 aliphatic rings. The number of nitrogens with zero attached hydrogens (tertiary/aromatic N) is 1. The normalized spacial score (nSPS) is 14.0. The van der Waals surface area contributed by atoms with Crippen LogP contribution < -0.4 is 4.90 Å². The van der Waals surface area contributed by atoms with Crippen molar-refractivity contribution in [3.8, 4) is 0 Å². The van der Waals surface area contributed by atoms with Crippen LogP contribution in [-0.4, -0.2) is 12.5 Å². The zero-order chi connectivity index (χ0) is 15.0. The summed E-state index contributed by atoms with van der Waals surface area (Å²) >= 11 is 9.45. The third kappa shape index (κ3) is 2.70. The van der Waals surface area contributed by atoms with E-state index in [4.69, 9.17) is 11.6 Å². The molecule has 0 unspecified atom stereocenters. The van der Waals surface area contributed by atoms with Gasteiger partial charge in [0.15, 0.2) is 0 Å². The third-order valence-electron chi connectivity index (χ3n) is 3.57. The molecule has 0 atom stereocenters. The number of para-hydroxylation sites is 1. The van der Waals surface area contributed by atoms with Crippen LogP contribution in [0.3, 0.4) is 0 Å². The minimum atomic E-state index is -0.369. The first kappa shape index (κ1) is 14.5. The number of aryl methyl sites for hydroxylation is 1. The number of benzene rings is 2. The molecule has 0 aliphatic carbocycles. The molecule has 1 heterocycles. The van der Waals surface area contributed by atoms with Crippen molar-refractivity contribution in [2.45, 2.75) is 12.8 Å². The Kier molecular flexibility index (Phi) is 4.00. The lowest BCUT2D eigenvalue weighted by molar-refractivity contribution is 0.0984. The van der Waals surface area contributed by atoms with Gasteiger partial charge in [0.05, 0.1) is 16.3 Å². The van der Waals surface area contributed by atoms with Crippen LogP contribution in [0, 0.1) is 5.82 Å². The van der Waals surface area contributed by atoms with Crippen molar-refractivity contribution >= 4 is 39.1 Å². The molecule has 2 aromatic carbocycles. The van der Waals surface area contributed by atoms with Gasteiger partial charge in [-0.1, -0.05) is 39.7 Å². The van der Waals surface area contributed by atoms with E-state index >= 15 is 0 Å². The van der Waals surface area contributed by atoms with E-state index in [9.17, 15) is 9.18 Å². The zero-order valence-electron chi connectivity index (χ0n) is 11.1. The fraction of sp³-hybridized carbons (Fsp3) is 0.188. The maximum Gasteiger partial charge on any atom is 0.259 e. The van der Waals surface area contributed by atoms with E-state index in [-0.39, 0.29) is 11.7 Å². The first-order valence-corrected chi connectivity index (χ1v) is 7.79. The lowest BCUT2D eigenvalue weighted by Gasteiger charge is -2.30. The highest BCUT2D eigenvalue weighted by atomic mass is 79.9. The first-order valence-electron chi connectivity index (χ1n) is 6.62. The number of hydrogen-bond donors (Lipinski definition) is 0. The SMILES string of the molecule is O=C(c1cc(Br)ccc1Cl)N1CCCc2cccc(F)c21. The summed E-state index contributed by atoms with van der Waals surface area (Å²) in [5, 5.41) is 0.367. The van der Waals surface area contributed by atoms with Crippen molar-refractivity contribution < 1.29 is 9.18 Å². The molecule has 0 fully saturated rings. The van der Waals surface area contributed by atoms with Gasteiger partial charge in [-0.05, 0) is 42.7 Å². The number of rotatable bonds is 1. The summed E-state index contributed by atoms with van der Waals surface area (Å²) < 4.78 is 14.9. The summed E-state index contributed by atoms with van der Waals surface area (Å²) in [4.78, 5) is 14.2. The molecule has 0 bridgehead atoms. The lowest BCUT2D eigenvalue weighted by Crippen LogP contribution is -2.36. The van der Waals surface area contributed by atoms with Crippen molar-refractivity contribution in [1.29, 1.82) is 0 Å². The maximum absolute atomic E-state index is 14.1. The summed E-state index contributed by atoms with van der Waals surface area (Å²) in [6.45, 7) is 0.496. The monoisotopic (exact) mass is 367 g/mol. The Bertz CT molecular complexity index is 719. The summed E-state index contributed by atoms with van der Waals surface area (Å²) in [5.41, 5.74) is 1.62. The van der Waals surface area contributed by atoms with Crippen molar-refractivity contribution in [3.63, 3.8) is 0 Å². The topological polar surface area (TPSA) is 20.3 Å². The Balaban J connectivity index is 2.06. The van der Waals surface area contributed by atoms with Crippen LogP contribution in [0.4, 0.5) is 10.1 Å². The van der Waals surface area contributed by atoms with Gasteiger partial charge in [0.25, 0.3) is 5.91 Å². The lowest BCUT2D eigenvalue weighted by atomic mass is 10.0. The summed E-state index contributed by atoms with van der Waals surface area (Å²) in [6, 6.07) is 10.0. The van der Waals surface area contributed by atoms with Gasteiger partial charge in [0.1, 0.15) is 5.82 Å². The quantitative estimate of drug-likeness (QED) is 0.705. The van der Waals surface area contributed by atoms with Crippen molar-refractivity contribution in [3.05, 3.63) is 62.8 Å². The molecule has 0 radical (unpaired) electrons. The molecule has 0 spiro atoms. The van der Waals surface area contributed by atoms with Crippen molar-refractivity contribution in [2.75, 3.05) is 11.4 Å². The molecule has 21 heavy (non-hydrogen) atoms. The van der Waals surface area contributed by atoms with Crippen molar-refractivity contribution in [1.82, 2.24) is 0 Å². The average Bonchev–Trinajstić information content (AvgIpc) is 2.49. The van der Waals surface area contributed by atoms with Crippen LogP contribution >= 0.6 is 27.5 Å². The van der Waals surface area contributed by atoms with Gasteiger partial charge in [-0.3, -0.25) is 4.79 Å². The molecular formula is C16H12BrClFNO. The van der Waals surface area contributed by atoms with Crippen LogP contribution in [0.1, 0.15) is 22.3 Å². The van der Waals surface area contributed by atoms with E-state index in [1.165, 1.54) is 11.0 Å². The van der Waals surface area contributed by atoms with Gasteiger partial charge in [0, 0.05) is 11.0 Å². The van der Waals surface area contributed by atoms with Crippen LogP contribution in [-0.2, 0) is 6.42 Å². The number of anilines is 1. The number of fused-ring (bicyclic) bond motifs is 1. The zero-order valence-corrected chi connectivity index (χ0v) is 13.4. The Morgan fingerprint density at radius 2 is 2.10 bits per heavy atom. The van der Waals surface area contributed by atoms with E-state index in [2.05, 4.69) is 15.9 Å². The minimum Gasteiger partial charge on any atom is -0.305 e. The average molecular weight is 369 g/mol.